The molecule has 0 aliphatic heterocycles. The van der Waals surface area contributed by atoms with Crippen molar-refractivity contribution in [2.45, 2.75) is 32.2 Å². The minimum atomic E-state index is -2.80. The van der Waals surface area contributed by atoms with Gasteiger partial charge in [-0.3, -0.25) is 0 Å². The van der Waals surface area contributed by atoms with Crippen molar-refractivity contribution < 1.29 is 8.42 Å². The molecule has 0 aromatic rings. The molecule has 14 heavy (non-hydrogen) atoms. The van der Waals surface area contributed by atoms with Gasteiger partial charge in [-0.25, -0.2) is 8.42 Å². The fourth-order valence-electron chi connectivity index (χ4n) is 1.12. The number of sulfone groups is 1. The summed E-state index contributed by atoms with van der Waals surface area (Å²) in [6, 6.07) is 0.162. The van der Waals surface area contributed by atoms with Crippen LogP contribution in [0.5, 0.6) is 0 Å². The molecule has 0 fully saturated rings. The van der Waals surface area contributed by atoms with Gasteiger partial charge in [0.1, 0.15) is 9.84 Å². The van der Waals surface area contributed by atoms with Gasteiger partial charge >= 0.3 is 0 Å². The smallest absolute Gasteiger partial charge is 0.150 e. The number of hydrogen-bond acceptors (Lipinski definition) is 4. The first-order valence-corrected chi connectivity index (χ1v) is 8.18. The first-order valence-electron chi connectivity index (χ1n) is 4.96. The van der Waals surface area contributed by atoms with Crippen molar-refractivity contribution in [3.63, 3.8) is 0 Å². The van der Waals surface area contributed by atoms with Crippen LogP contribution in [0.15, 0.2) is 0 Å². The van der Waals surface area contributed by atoms with Gasteiger partial charge in [0, 0.05) is 11.8 Å². The standard InChI is InChI=1S/C9H21NO2S2/c1-3-14(11,12)8-4-5-9(10)6-7-13-2/h9H,3-8,10H2,1-2H3. The van der Waals surface area contributed by atoms with Crippen LogP contribution < -0.4 is 5.73 Å². The van der Waals surface area contributed by atoms with E-state index in [-0.39, 0.29) is 17.5 Å². The second kappa shape index (κ2) is 7.54. The number of thioether (sulfide) groups is 1. The van der Waals surface area contributed by atoms with E-state index in [1.165, 1.54) is 0 Å². The highest BCUT2D eigenvalue weighted by Gasteiger charge is 2.08. The Bertz CT molecular complexity index is 227. The predicted octanol–water partition coefficient (Wildman–Crippen LogP) is 1.28. The summed E-state index contributed by atoms with van der Waals surface area (Å²) >= 11 is 1.78. The highest BCUT2D eigenvalue weighted by molar-refractivity contribution is 7.98. The van der Waals surface area contributed by atoms with Gasteiger partial charge in [-0.05, 0) is 31.3 Å². The highest BCUT2D eigenvalue weighted by Crippen LogP contribution is 2.05. The molecule has 0 saturated carbocycles. The third-order valence-corrected chi connectivity index (χ3v) is 4.60. The van der Waals surface area contributed by atoms with E-state index in [1.807, 2.05) is 6.26 Å². The lowest BCUT2D eigenvalue weighted by atomic mass is 10.1. The Hall–Kier alpha value is 0.260. The SMILES string of the molecule is CCS(=O)(=O)CCCC(N)CCSC. The molecule has 0 heterocycles. The van der Waals surface area contributed by atoms with Crippen LogP contribution >= 0.6 is 11.8 Å². The van der Waals surface area contributed by atoms with Gasteiger partial charge in [-0.2, -0.15) is 11.8 Å². The van der Waals surface area contributed by atoms with Crippen LogP contribution in [-0.4, -0.2) is 38.0 Å². The Labute approximate surface area is 91.7 Å². The monoisotopic (exact) mass is 239 g/mol. The number of rotatable bonds is 8. The molecule has 2 N–H and O–H groups in total. The molecule has 0 aliphatic rings. The lowest BCUT2D eigenvalue weighted by molar-refractivity contribution is 0.570. The van der Waals surface area contributed by atoms with Crippen molar-refractivity contribution in [3.8, 4) is 0 Å². The van der Waals surface area contributed by atoms with Crippen molar-refractivity contribution in [3.05, 3.63) is 0 Å². The number of hydrogen-bond donors (Lipinski definition) is 1. The third kappa shape index (κ3) is 7.64. The van der Waals surface area contributed by atoms with Crippen LogP contribution in [0.2, 0.25) is 0 Å². The summed E-state index contributed by atoms with van der Waals surface area (Å²) in [5.41, 5.74) is 5.82. The molecule has 0 bridgehead atoms. The molecule has 0 aliphatic carbocycles. The van der Waals surface area contributed by atoms with E-state index in [1.54, 1.807) is 18.7 Å². The summed E-state index contributed by atoms with van der Waals surface area (Å²) in [5, 5.41) is 0. The predicted molar refractivity (Wildman–Crippen MR) is 64.5 cm³/mol. The maximum atomic E-state index is 11.1. The molecule has 1 unspecified atom stereocenters. The zero-order chi connectivity index (χ0) is 11.0. The maximum Gasteiger partial charge on any atom is 0.150 e. The van der Waals surface area contributed by atoms with E-state index in [4.69, 9.17) is 5.73 Å². The Kier molecular flexibility index (Phi) is 7.68. The van der Waals surface area contributed by atoms with Crippen molar-refractivity contribution >= 4 is 21.6 Å². The average Bonchev–Trinajstić information content (AvgIpc) is 2.14. The molecule has 0 amide bonds. The minimum Gasteiger partial charge on any atom is -0.328 e. The van der Waals surface area contributed by atoms with E-state index >= 15 is 0 Å². The van der Waals surface area contributed by atoms with E-state index in [9.17, 15) is 8.42 Å². The van der Waals surface area contributed by atoms with Crippen molar-refractivity contribution in [2.75, 3.05) is 23.5 Å². The maximum absolute atomic E-state index is 11.1. The molecule has 0 radical (unpaired) electrons. The summed E-state index contributed by atoms with van der Waals surface area (Å²) < 4.78 is 22.3. The molecule has 86 valence electrons. The van der Waals surface area contributed by atoms with E-state index in [0.29, 0.717) is 6.42 Å². The van der Waals surface area contributed by atoms with E-state index < -0.39 is 9.84 Å². The van der Waals surface area contributed by atoms with Gasteiger partial charge in [0.05, 0.1) is 5.75 Å². The third-order valence-electron chi connectivity index (χ3n) is 2.16. The summed E-state index contributed by atoms with van der Waals surface area (Å²) in [6.45, 7) is 1.68. The second-order valence-electron chi connectivity index (χ2n) is 3.42. The molecule has 0 aromatic heterocycles. The van der Waals surface area contributed by atoms with Crippen molar-refractivity contribution in [1.82, 2.24) is 0 Å². The zero-order valence-corrected chi connectivity index (χ0v) is 10.7. The molecule has 0 spiro atoms. The van der Waals surface area contributed by atoms with Gasteiger partial charge in [0.15, 0.2) is 0 Å². The Morgan fingerprint density at radius 1 is 1.36 bits per heavy atom. The highest BCUT2D eigenvalue weighted by atomic mass is 32.2. The molecule has 1 atom stereocenters. The van der Waals surface area contributed by atoms with Crippen LogP contribution in [0, 0.1) is 0 Å². The largest absolute Gasteiger partial charge is 0.328 e. The molecule has 5 heteroatoms. The minimum absolute atomic E-state index is 0.162. The van der Waals surface area contributed by atoms with E-state index in [2.05, 4.69) is 0 Å². The normalized spacial score (nSPS) is 14.2. The average molecular weight is 239 g/mol. The Morgan fingerprint density at radius 3 is 2.50 bits per heavy atom. The lowest BCUT2D eigenvalue weighted by Gasteiger charge is -2.09. The summed E-state index contributed by atoms with van der Waals surface area (Å²) in [5.74, 6) is 1.59. The quantitative estimate of drug-likeness (QED) is 0.693. The van der Waals surface area contributed by atoms with Crippen LogP contribution in [0.25, 0.3) is 0 Å². The van der Waals surface area contributed by atoms with Crippen LogP contribution in [0.1, 0.15) is 26.2 Å². The molecular formula is C9H21NO2S2. The first kappa shape index (κ1) is 14.3. The van der Waals surface area contributed by atoms with Crippen LogP contribution in [-0.2, 0) is 9.84 Å². The second-order valence-corrected chi connectivity index (χ2v) is 6.88. The molecule has 3 nitrogen and oxygen atoms in total. The number of nitrogens with two attached hydrogens (primary N) is 1. The van der Waals surface area contributed by atoms with Crippen LogP contribution in [0.4, 0.5) is 0 Å². The Morgan fingerprint density at radius 2 is 2.00 bits per heavy atom. The molecule has 0 rings (SSSR count). The fourth-order valence-corrected chi connectivity index (χ4v) is 2.56. The summed E-state index contributed by atoms with van der Waals surface area (Å²) in [7, 11) is -2.80. The van der Waals surface area contributed by atoms with E-state index in [0.717, 1.165) is 18.6 Å². The topological polar surface area (TPSA) is 60.2 Å². The van der Waals surface area contributed by atoms with Crippen molar-refractivity contribution in [2.24, 2.45) is 5.73 Å². The van der Waals surface area contributed by atoms with Gasteiger partial charge < -0.3 is 5.73 Å². The molecular weight excluding hydrogens is 218 g/mol. The van der Waals surface area contributed by atoms with Gasteiger partial charge in [0.25, 0.3) is 0 Å². The van der Waals surface area contributed by atoms with Crippen LogP contribution in [0.3, 0.4) is 0 Å². The first-order chi connectivity index (χ1) is 6.52. The summed E-state index contributed by atoms with van der Waals surface area (Å²) in [6.07, 6.45) is 4.55. The Balaban J connectivity index is 3.54. The molecule has 0 saturated heterocycles. The molecule has 0 aromatic carbocycles. The van der Waals surface area contributed by atoms with Crippen molar-refractivity contribution in [1.29, 1.82) is 0 Å². The fraction of sp³-hybridized carbons (Fsp3) is 1.00. The van der Waals surface area contributed by atoms with Gasteiger partial charge in [0.2, 0.25) is 0 Å². The zero-order valence-electron chi connectivity index (χ0n) is 9.03. The van der Waals surface area contributed by atoms with Gasteiger partial charge in [-0.1, -0.05) is 6.92 Å². The summed E-state index contributed by atoms with van der Waals surface area (Å²) in [4.78, 5) is 0. The lowest BCUT2D eigenvalue weighted by Crippen LogP contribution is -2.22. The van der Waals surface area contributed by atoms with Gasteiger partial charge in [-0.15, -0.1) is 0 Å².